The van der Waals surface area contributed by atoms with Crippen molar-refractivity contribution in [2.45, 2.75) is 19.4 Å². The van der Waals surface area contributed by atoms with Crippen molar-refractivity contribution < 1.29 is 4.74 Å². The molecule has 1 atom stereocenters. The average Bonchev–Trinajstić information content (AvgIpc) is 2.89. The van der Waals surface area contributed by atoms with Gasteiger partial charge in [0.05, 0.1) is 17.3 Å². The summed E-state index contributed by atoms with van der Waals surface area (Å²) in [6.07, 6.45) is 1.00. The molecule has 0 aliphatic carbocycles. The summed E-state index contributed by atoms with van der Waals surface area (Å²) in [5, 5.41) is 4.23. The molecule has 2 aromatic carbocycles. The molecule has 0 bridgehead atoms. The maximum absolute atomic E-state index is 6.27. The highest BCUT2D eigenvalue weighted by Crippen LogP contribution is 2.31. The van der Waals surface area contributed by atoms with E-state index in [1.807, 2.05) is 12.1 Å². The zero-order valence-electron chi connectivity index (χ0n) is 11.1. The van der Waals surface area contributed by atoms with Crippen LogP contribution in [-0.4, -0.2) is 6.61 Å². The summed E-state index contributed by atoms with van der Waals surface area (Å²) < 4.78 is 6.68. The third-order valence-electron chi connectivity index (χ3n) is 3.52. The van der Waals surface area contributed by atoms with E-state index < -0.39 is 0 Å². The molecule has 1 heterocycles. The molecule has 0 aromatic heterocycles. The van der Waals surface area contributed by atoms with Crippen molar-refractivity contribution in [2.75, 3.05) is 11.9 Å². The first-order valence-corrected chi connectivity index (χ1v) is 8.06. The predicted molar refractivity (Wildman–Crippen MR) is 91.8 cm³/mol. The molecule has 0 saturated heterocycles. The van der Waals surface area contributed by atoms with Crippen molar-refractivity contribution in [1.82, 2.24) is 0 Å². The summed E-state index contributed by atoms with van der Waals surface area (Å²) in [4.78, 5) is 0. The molecule has 1 aliphatic heterocycles. The molecular formula is C16H15ClINO. The lowest BCUT2D eigenvalue weighted by Gasteiger charge is -2.17. The van der Waals surface area contributed by atoms with Gasteiger partial charge in [0.15, 0.2) is 0 Å². The highest BCUT2D eigenvalue weighted by molar-refractivity contribution is 14.1. The fourth-order valence-electron chi connectivity index (χ4n) is 2.40. The van der Waals surface area contributed by atoms with Gasteiger partial charge in [-0.1, -0.05) is 17.7 Å². The maximum Gasteiger partial charge on any atom is 0.122 e. The van der Waals surface area contributed by atoms with Crippen molar-refractivity contribution in [2.24, 2.45) is 0 Å². The van der Waals surface area contributed by atoms with Gasteiger partial charge in [0.25, 0.3) is 0 Å². The molecular weight excluding hydrogens is 385 g/mol. The zero-order valence-corrected chi connectivity index (χ0v) is 14.0. The summed E-state index contributed by atoms with van der Waals surface area (Å²) in [7, 11) is 0. The van der Waals surface area contributed by atoms with Crippen LogP contribution in [0.2, 0.25) is 5.02 Å². The first-order chi connectivity index (χ1) is 9.63. The highest BCUT2D eigenvalue weighted by atomic mass is 127. The summed E-state index contributed by atoms with van der Waals surface area (Å²) >= 11 is 8.53. The standard InChI is InChI=1S/C16H15ClINO/c1-10(19-15-4-3-13(18)9-14(15)17)11-2-5-16-12(8-11)6-7-20-16/h2-5,8-10,19H,6-7H2,1H3. The number of anilines is 1. The normalized spacial score (nSPS) is 14.6. The predicted octanol–water partition coefficient (Wildman–Crippen LogP) is 5.05. The summed E-state index contributed by atoms with van der Waals surface area (Å²) in [5.74, 6) is 1.02. The van der Waals surface area contributed by atoms with Crippen LogP contribution in [0.25, 0.3) is 0 Å². The number of benzene rings is 2. The molecule has 3 rings (SSSR count). The van der Waals surface area contributed by atoms with Crippen molar-refractivity contribution in [3.63, 3.8) is 0 Å². The minimum absolute atomic E-state index is 0.207. The minimum Gasteiger partial charge on any atom is -0.493 e. The molecule has 0 amide bonds. The van der Waals surface area contributed by atoms with Crippen LogP contribution in [0.1, 0.15) is 24.1 Å². The third kappa shape index (κ3) is 2.88. The molecule has 104 valence electrons. The Morgan fingerprint density at radius 2 is 2.10 bits per heavy atom. The number of ether oxygens (including phenoxy) is 1. The van der Waals surface area contributed by atoms with Gasteiger partial charge in [0.2, 0.25) is 0 Å². The van der Waals surface area contributed by atoms with E-state index in [-0.39, 0.29) is 6.04 Å². The molecule has 0 fully saturated rings. The molecule has 1 N–H and O–H groups in total. The summed E-state index contributed by atoms with van der Waals surface area (Å²) in [5.41, 5.74) is 3.52. The quantitative estimate of drug-likeness (QED) is 0.729. The fourth-order valence-corrected chi connectivity index (χ4v) is 3.31. The zero-order chi connectivity index (χ0) is 14.1. The maximum atomic E-state index is 6.27. The number of nitrogens with one attached hydrogen (secondary N) is 1. The van der Waals surface area contributed by atoms with E-state index in [1.54, 1.807) is 0 Å². The molecule has 0 saturated carbocycles. The SMILES string of the molecule is CC(Nc1ccc(I)cc1Cl)c1ccc2c(c1)CCO2. The Labute approximate surface area is 137 Å². The van der Waals surface area contributed by atoms with E-state index in [1.165, 1.54) is 11.1 Å². The van der Waals surface area contributed by atoms with Gasteiger partial charge in [0, 0.05) is 16.0 Å². The van der Waals surface area contributed by atoms with E-state index in [0.717, 1.165) is 33.1 Å². The molecule has 4 heteroatoms. The molecule has 1 aliphatic rings. The molecule has 1 unspecified atom stereocenters. The number of rotatable bonds is 3. The van der Waals surface area contributed by atoms with Crippen LogP contribution in [0.5, 0.6) is 5.75 Å². The van der Waals surface area contributed by atoms with Crippen LogP contribution >= 0.6 is 34.2 Å². The first kappa shape index (κ1) is 14.0. The van der Waals surface area contributed by atoms with Crippen molar-refractivity contribution >= 4 is 39.9 Å². The van der Waals surface area contributed by atoms with Gasteiger partial charge >= 0.3 is 0 Å². The van der Waals surface area contributed by atoms with Gasteiger partial charge in [-0.05, 0) is 71.0 Å². The Kier molecular flexibility index (Phi) is 4.08. The van der Waals surface area contributed by atoms with Crippen LogP contribution in [0.15, 0.2) is 36.4 Å². The number of halogens is 2. The third-order valence-corrected chi connectivity index (χ3v) is 4.50. The Morgan fingerprint density at radius 1 is 1.25 bits per heavy atom. The smallest absolute Gasteiger partial charge is 0.122 e. The van der Waals surface area contributed by atoms with Crippen LogP contribution in [0.3, 0.4) is 0 Å². The van der Waals surface area contributed by atoms with Gasteiger partial charge < -0.3 is 10.1 Å². The van der Waals surface area contributed by atoms with E-state index in [9.17, 15) is 0 Å². The largest absolute Gasteiger partial charge is 0.493 e. The fraction of sp³-hybridized carbons (Fsp3) is 0.250. The van der Waals surface area contributed by atoms with E-state index in [0.29, 0.717) is 0 Å². The number of hydrogen-bond donors (Lipinski definition) is 1. The lowest BCUT2D eigenvalue weighted by atomic mass is 10.0. The summed E-state index contributed by atoms with van der Waals surface area (Å²) in [6, 6.07) is 12.6. The Morgan fingerprint density at radius 3 is 2.90 bits per heavy atom. The van der Waals surface area contributed by atoms with E-state index >= 15 is 0 Å². The van der Waals surface area contributed by atoms with Crippen molar-refractivity contribution in [1.29, 1.82) is 0 Å². The van der Waals surface area contributed by atoms with Gasteiger partial charge in [-0.25, -0.2) is 0 Å². The van der Waals surface area contributed by atoms with Crippen LogP contribution in [-0.2, 0) is 6.42 Å². The highest BCUT2D eigenvalue weighted by Gasteiger charge is 2.15. The van der Waals surface area contributed by atoms with E-state index in [2.05, 4.69) is 59.1 Å². The monoisotopic (exact) mass is 399 g/mol. The average molecular weight is 400 g/mol. The van der Waals surface area contributed by atoms with Gasteiger partial charge in [-0.15, -0.1) is 0 Å². The lowest BCUT2D eigenvalue weighted by Crippen LogP contribution is -2.07. The molecule has 0 radical (unpaired) electrons. The van der Waals surface area contributed by atoms with Crippen LogP contribution in [0.4, 0.5) is 5.69 Å². The topological polar surface area (TPSA) is 21.3 Å². The lowest BCUT2D eigenvalue weighted by molar-refractivity contribution is 0.357. The van der Waals surface area contributed by atoms with Gasteiger partial charge in [-0.2, -0.15) is 0 Å². The number of hydrogen-bond acceptors (Lipinski definition) is 2. The minimum atomic E-state index is 0.207. The van der Waals surface area contributed by atoms with E-state index in [4.69, 9.17) is 16.3 Å². The van der Waals surface area contributed by atoms with Gasteiger partial charge in [-0.3, -0.25) is 0 Å². The molecule has 2 aromatic rings. The second-order valence-electron chi connectivity index (χ2n) is 4.96. The van der Waals surface area contributed by atoms with Crippen LogP contribution in [0, 0.1) is 3.57 Å². The second kappa shape index (κ2) is 5.82. The number of fused-ring (bicyclic) bond motifs is 1. The Balaban J connectivity index is 1.80. The Bertz CT molecular complexity index is 644. The van der Waals surface area contributed by atoms with Crippen molar-refractivity contribution in [3.8, 4) is 5.75 Å². The van der Waals surface area contributed by atoms with Crippen LogP contribution < -0.4 is 10.1 Å². The first-order valence-electron chi connectivity index (χ1n) is 6.61. The van der Waals surface area contributed by atoms with Crippen molar-refractivity contribution in [3.05, 3.63) is 56.1 Å². The molecule has 20 heavy (non-hydrogen) atoms. The second-order valence-corrected chi connectivity index (χ2v) is 6.61. The molecule has 0 spiro atoms. The summed E-state index contributed by atoms with van der Waals surface area (Å²) in [6.45, 7) is 2.94. The Hall–Kier alpha value is -0.940. The van der Waals surface area contributed by atoms with Gasteiger partial charge in [0.1, 0.15) is 5.75 Å². The molecule has 2 nitrogen and oxygen atoms in total.